The first-order valence-electron chi connectivity index (χ1n) is 6.10. The second kappa shape index (κ2) is 6.03. The average Bonchev–Trinajstić information content (AvgIpc) is 2.76. The average molecular weight is 223 g/mol. The Hall–Kier alpha value is -0.840. The van der Waals surface area contributed by atoms with Gasteiger partial charge in [-0.15, -0.1) is 0 Å². The van der Waals surface area contributed by atoms with Gasteiger partial charge in [0.25, 0.3) is 0 Å². The highest BCUT2D eigenvalue weighted by Crippen LogP contribution is 2.04. The van der Waals surface area contributed by atoms with Crippen LogP contribution in [0.1, 0.15) is 19.0 Å². The Morgan fingerprint density at radius 3 is 2.94 bits per heavy atom. The lowest BCUT2D eigenvalue weighted by atomic mass is 10.4. The van der Waals surface area contributed by atoms with Gasteiger partial charge in [-0.05, 0) is 18.6 Å². The summed E-state index contributed by atoms with van der Waals surface area (Å²) in [6.07, 6.45) is 3.33. The van der Waals surface area contributed by atoms with E-state index in [0.29, 0.717) is 0 Å². The molecule has 1 aliphatic rings. The maximum Gasteiger partial charge on any atom is 0.0608 e. The normalized spacial score (nSPS) is 17.8. The summed E-state index contributed by atoms with van der Waals surface area (Å²) in [6.45, 7) is 7.86. The van der Waals surface area contributed by atoms with Crippen LogP contribution >= 0.6 is 0 Å². The van der Waals surface area contributed by atoms with Crippen molar-refractivity contribution in [3.63, 3.8) is 0 Å². The van der Waals surface area contributed by atoms with Crippen molar-refractivity contribution in [3.05, 3.63) is 24.0 Å². The van der Waals surface area contributed by atoms with Crippen LogP contribution in [0.15, 0.2) is 18.3 Å². The fourth-order valence-corrected chi connectivity index (χ4v) is 1.98. The van der Waals surface area contributed by atoms with Crippen molar-refractivity contribution < 1.29 is 4.74 Å². The Kier molecular flexibility index (Phi) is 4.39. The van der Waals surface area contributed by atoms with E-state index in [1.54, 1.807) is 0 Å². The Labute approximate surface area is 97.2 Å². The minimum Gasteiger partial charge on any atom is -0.379 e. The highest BCUT2D eigenvalue weighted by molar-refractivity contribution is 5.06. The van der Waals surface area contributed by atoms with Crippen molar-refractivity contribution in [2.24, 2.45) is 0 Å². The SMILES string of the molecule is CCCn1cccc1CNN1CCOCC1. The number of hydrogen-bond acceptors (Lipinski definition) is 3. The zero-order valence-corrected chi connectivity index (χ0v) is 9.98. The molecule has 4 heteroatoms. The third kappa shape index (κ3) is 3.07. The predicted octanol–water partition coefficient (Wildman–Crippen LogP) is 1.23. The van der Waals surface area contributed by atoms with Crippen molar-refractivity contribution >= 4 is 0 Å². The van der Waals surface area contributed by atoms with E-state index in [1.165, 1.54) is 12.1 Å². The van der Waals surface area contributed by atoms with Crippen LogP contribution in [-0.4, -0.2) is 35.9 Å². The number of aryl methyl sites for hydroxylation is 1. The number of hydrazine groups is 1. The molecular weight excluding hydrogens is 202 g/mol. The molecule has 0 bridgehead atoms. The zero-order chi connectivity index (χ0) is 11.2. The summed E-state index contributed by atoms with van der Waals surface area (Å²) < 4.78 is 7.63. The van der Waals surface area contributed by atoms with Crippen LogP contribution in [0.2, 0.25) is 0 Å². The van der Waals surface area contributed by atoms with Crippen molar-refractivity contribution in [1.29, 1.82) is 0 Å². The fraction of sp³-hybridized carbons (Fsp3) is 0.667. The van der Waals surface area contributed by atoms with Gasteiger partial charge >= 0.3 is 0 Å². The molecule has 1 fully saturated rings. The molecule has 2 rings (SSSR count). The standard InChI is InChI=1S/C12H21N3O/c1-2-5-14-6-3-4-12(14)11-13-15-7-9-16-10-8-15/h3-4,6,13H,2,5,7-11H2,1H3. The van der Waals surface area contributed by atoms with Gasteiger partial charge in [-0.25, -0.2) is 10.4 Å². The van der Waals surface area contributed by atoms with Crippen LogP contribution in [0.25, 0.3) is 0 Å². The van der Waals surface area contributed by atoms with Crippen LogP contribution in [0, 0.1) is 0 Å². The molecule has 0 amide bonds. The first-order valence-corrected chi connectivity index (χ1v) is 6.10. The van der Waals surface area contributed by atoms with Gasteiger partial charge in [-0.1, -0.05) is 6.92 Å². The molecule has 0 saturated carbocycles. The lowest BCUT2D eigenvalue weighted by molar-refractivity contribution is 0.0102. The number of aromatic nitrogens is 1. The van der Waals surface area contributed by atoms with E-state index in [2.05, 4.69) is 40.3 Å². The van der Waals surface area contributed by atoms with Gasteiger partial charge in [0.15, 0.2) is 0 Å². The molecule has 0 aromatic carbocycles. The maximum absolute atomic E-state index is 5.31. The summed E-state index contributed by atoms with van der Waals surface area (Å²) in [5, 5.41) is 2.24. The molecular formula is C12H21N3O. The van der Waals surface area contributed by atoms with E-state index < -0.39 is 0 Å². The lowest BCUT2D eigenvalue weighted by Gasteiger charge is -2.27. The largest absolute Gasteiger partial charge is 0.379 e. The van der Waals surface area contributed by atoms with Crippen LogP contribution in [0.3, 0.4) is 0 Å². The number of ether oxygens (including phenoxy) is 1. The van der Waals surface area contributed by atoms with Crippen molar-refractivity contribution in [2.75, 3.05) is 26.3 Å². The molecule has 90 valence electrons. The number of nitrogens with zero attached hydrogens (tertiary/aromatic N) is 2. The number of rotatable bonds is 5. The third-order valence-electron chi connectivity index (χ3n) is 2.88. The Balaban J connectivity index is 1.81. The fourth-order valence-electron chi connectivity index (χ4n) is 1.98. The van der Waals surface area contributed by atoms with Crippen molar-refractivity contribution in [2.45, 2.75) is 26.4 Å². The molecule has 4 nitrogen and oxygen atoms in total. The van der Waals surface area contributed by atoms with E-state index in [-0.39, 0.29) is 0 Å². The molecule has 1 saturated heterocycles. The molecule has 0 aliphatic carbocycles. The number of nitrogens with one attached hydrogen (secondary N) is 1. The van der Waals surface area contributed by atoms with Gasteiger partial charge < -0.3 is 9.30 Å². The first-order chi connectivity index (χ1) is 7.90. The van der Waals surface area contributed by atoms with Gasteiger partial charge in [0.2, 0.25) is 0 Å². The van der Waals surface area contributed by atoms with Crippen LogP contribution in [-0.2, 0) is 17.8 Å². The molecule has 2 heterocycles. The van der Waals surface area contributed by atoms with Crippen LogP contribution < -0.4 is 5.43 Å². The minimum absolute atomic E-state index is 0.836. The summed E-state index contributed by atoms with van der Waals surface area (Å²) in [5.41, 5.74) is 4.81. The third-order valence-corrected chi connectivity index (χ3v) is 2.88. The summed E-state index contributed by atoms with van der Waals surface area (Å²) in [7, 11) is 0. The van der Waals surface area contributed by atoms with E-state index >= 15 is 0 Å². The van der Waals surface area contributed by atoms with Gasteiger partial charge in [0, 0.05) is 31.5 Å². The molecule has 16 heavy (non-hydrogen) atoms. The predicted molar refractivity (Wildman–Crippen MR) is 64.0 cm³/mol. The highest BCUT2D eigenvalue weighted by atomic mass is 16.5. The topological polar surface area (TPSA) is 29.4 Å². The molecule has 0 radical (unpaired) electrons. The summed E-state index contributed by atoms with van der Waals surface area (Å²) in [5.74, 6) is 0. The first kappa shape index (κ1) is 11.6. The van der Waals surface area contributed by atoms with Crippen LogP contribution in [0.4, 0.5) is 0 Å². The maximum atomic E-state index is 5.31. The molecule has 0 spiro atoms. The molecule has 1 aromatic heterocycles. The zero-order valence-electron chi connectivity index (χ0n) is 9.98. The molecule has 1 N–H and O–H groups in total. The van der Waals surface area contributed by atoms with Gasteiger partial charge in [-0.3, -0.25) is 0 Å². The summed E-state index contributed by atoms with van der Waals surface area (Å²) in [6, 6.07) is 4.30. The van der Waals surface area contributed by atoms with E-state index in [1.807, 2.05) is 0 Å². The second-order valence-electron chi connectivity index (χ2n) is 4.13. The molecule has 0 unspecified atom stereocenters. The molecule has 1 aliphatic heterocycles. The van der Waals surface area contributed by atoms with Gasteiger partial charge in [0.1, 0.15) is 0 Å². The highest BCUT2D eigenvalue weighted by Gasteiger charge is 2.09. The summed E-state index contributed by atoms with van der Waals surface area (Å²) in [4.78, 5) is 0. The minimum atomic E-state index is 0.836. The second-order valence-corrected chi connectivity index (χ2v) is 4.13. The quantitative estimate of drug-likeness (QED) is 0.814. The van der Waals surface area contributed by atoms with Crippen LogP contribution in [0.5, 0.6) is 0 Å². The Morgan fingerprint density at radius 1 is 1.38 bits per heavy atom. The summed E-state index contributed by atoms with van der Waals surface area (Å²) >= 11 is 0. The van der Waals surface area contributed by atoms with E-state index in [4.69, 9.17) is 4.74 Å². The van der Waals surface area contributed by atoms with Crippen molar-refractivity contribution in [3.8, 4) is 0 Å². The number of hydrogen-bond donors (Lipinski definition) is 1. The smallest absolute Gasteiger partial charge is 0.0608 e. The van der Waals surface area contributed by atoms with E-state index in [9.17, 15) is 0 Å². The number of morpholine rings is 1. The van der Waals surface area contributed by atoms with Crippen molar-refractivity contribution in [1.82, 2.24) is 15.0 Å². The monoisotopic (exact) mass is 223 g/mol. The van der Waals surface area contributed by atoms with Gasteiger partial charge in [0.05, 0.1) is 19.8 Å². The van der Waals surface area contributed by atoms with Gasteiger partial charge in [-0.2, -0.15) is 0 Å². The Bertz CT molecular complexity index is 305. The van der Waals surface area contributed by atoms with E-state index in [0.717, 1.165) is 39.4 Å². The Morgan fingerprint density at radius 2 is 2.19 bits per heavy atom. The molecule has 1 aromatic rings. The molecule has 0 atom stereocenters. The lowest BCUT2D eigenvalue weighted by Crippen LogP contribution is -2.45.